The van der Waals surface area contributed by atoms with Gasteiger partial charge in [-0.15, -0.1) is 0 Å². The van der Waals surface area contributed by atoms with E-state index in [1.54, 1.807) is 0 Å². The summed E-state index contributed by atoms with van der Waals surface area (Å²) >= 11 is 1.82. The number of nitrogens with zero attached hydrogens (tertiary/aromatic N) is 1. The molecule has 0 bridgehead atoms. The summed E-state index contributed by atoms with van der Waals surface area (Å²) < 4.78 is 0. The Kier molecular flexibility index (Phi) is 5.54. The highest BCUT2D eigenvalue weighted by Crippen LogP contribution is 2.53. The SMILES string of the molecule is CCCCC1(Sc2ccccc2)c2ccccc2C(=O)N1Cc1ccccc1. The number of unbranched alkanes of at least 4 members (excludes halogenated alkanes) is 1. The van der Waals surface area contributed by atoms with Gasteiger partial charge in [-0.05, 0) is 30.2 Å². The fraction of sp³-hybridized carbons (Fsp3) is 0.240. The Labute approximate surface area is 171 Å². The van der Waals surface area contributed by atoms with E-state index in [4.69, 9.17) is 0 Å². The Hall–Kier alpha value is -2.52. The minimum atomic E-state index is -0.374. The standard InChI is InChI=1S/C25H25NOS/c1-2-3-18-25(28-21-14-8-5-9-15-21)23-17-11-10-16-22(23)24(27)26(25)19-20-12-6-4-7-13-20/h4-17H,2-3,18-19H2,1H3. The zero-order valence-corrected chi connectivity index (χ0v) is 17.0. The van der Waals surface area contributed by atoms with E-state index in [2.05, 4.69) is 60.4 Å². The Morgan fingerprint density at radius 1 is 0.857 bits per heavy atom. The second-order valence-electron chi connectivity index (χ2n) is 7.23. The zero-order chi connectivity index (χ0) is 19.4. The van der Waals surface area contributed by atoms with E-state index < -0.39 is 0 Å². The van der Waals surface area contributed by atoms with Crippen LogP contribution in [-0.4, -0.2) is 10.8 Å². The van der Waals surface area contributed by atoms with Crippen molar-refractivity contribution in [2.75, 3.05) is 0 Å². The molecule has 4 rings (SSSR count). The minimum absolute atomic E-state index is 0.138. The summed E-state index contributed by atoms with van der Waals surface area (Å²) in [6.45, 7) is 2.84. The summed E-state index contributed by atoms with van der Waals surface area (Å²) in [5.41, 5.74) is 3.16. The van der Waals surface area contributed by atoms with Crippen LogP contribution in [-0.2, 0) is 11.4 Å². The highest BCUT2D eigenvalue weighted by Gasteiger charge is 2.49. The van der Waals surface area contributed by atoms with Gasteiger partial charge in [0.05, 0.1) is 0 Å². The molecule has 0 radical (unpaired) electrons. The molecule has 0 aliphatic carbocycles. The predicted molar refractivity (Wildman–Crippen MR) is 116 cm³/mol. The van der Waals surface area contributed by atoms with Crippen LogP contribution in [0.4, 0.5) is 0 Å². The molecule has 1 heterocycles. The van der Waals surface area contributed by atoms with Gasteiger partial charge < -0.3 is 4.90 Å². The molecular weight excluding hydrogens is 362 g/mol. The molecule has 3 heteroatoms. The van der Waals surface area contributed by atoms with Crippen LogP contribution in [0, 0.1) is 0 Å². The number of carbonyl (C=O) groups is 1. The Bertz CT molecular complexity index is 941. The molecular formula is C25H25NOS. The molecule has 0 saturated carbocycles. The first-order chi connectivity index (χ1) is 13.7. The lowest BCUT2D eigenvalue weighted by Crippen LogP contribution is -2.40. The molecule has 3 aromatic rings. The highest BCUT2D eigenvalue weighted by molar-refractivity contribution is 8.00. The molecule has 1 aliphatic rings. The van der Waals surface area contributed by atoms with Gasteiger partial charge in [-0.2, -0.15) is 0 Å². The van der Waals surface area contributed by atoms with Gasteiger partial charge in [0.25, 0.3) is 5.91 Å². The van der Waals surface area contributed by atoms with Crippen LogP contribution in [0.2, 0.25) is 0 Å². The van der Waals surface area contributed by atoms with E-state index in [0.29, 0.717) is 6.54 Å². The van der Waals surface area contributed by atoms with Crippen molar-refractivity contribution in [2.24, 2.45) is 0 Å². The summed E-state index contributed by atoms with van der Waals surface area (Å²) in [7, 11) is 0. The van der Waals surface area contributed by atoms with E-state index in [1.165, 1.54) is 4.90 Å². The van der Waals surface area contributed by atoms with Crippen LogP contribution in [0.1, 0.15) is 47.7 Å². The van der Waals surface area contributed by atoms with Gasteiger partial charge >= 0.3 is 0 Å². The molecule has 1 unspecified atom stereocenters. The first-order valence-corrected chi connectivity index (χ1v) is 10.8. The highest BCUT2D eigenvalue weighted by atomic mass is 32.2. The van der Waals surface area contributed by atoms with Gasteiger partial charge in [-0.1, -0.05) is 98.3 Å². The van der Waals surface area contributed by atoms with Crippen molar-refractivity contribution in [1.82, 2.24) is 4.90 Å². The lowest BCUT2D eigenvalue weighted by Gasteiger charge is -2.39. The van der Waals surface area contributed by atoms with Crippen LogP contribution in [0.25, 0.3) is 0 Å². The molecule has 142 valence electrons. The van der Waals surface area contributed by atoms with E-state index in [-0.39, 0.29) is 10.8 Å². The van der Waals surface area contributed by atoms with E-state index in [0.717, 1.165) is 36.0 Å². The monoisotopic (exact) mass is 387 g/mol. The molecule has 0 spiro atoms. The number of hydrogen-bond donors (Lipinski definition) is 0. The third-order valence-electron chi connectivity index (χ3n) is 5.34. The summed E-state index contributed by atoms with van der Waals surface area (Å²) in [4.78, 5) is 16.4. The first kappa shape index (κ1) is 18.8. The maximum absolute atomic E-state index is 13.5. The summed E-state index contributed by atoms with van der Waals surface area (Å²) in [5, 5.41) is 0. The van der Waals surface area contributed by atoms with Crippen LogP contribution in [0.3, 0.4) is 0 Å². The summed E-state index contributed by atoms with van der Waals surface area (Å²) in [6.07, 6.45) is 3.12. The van der Waals surface area contributed by atoms with Crippen LogP contribution < -0.4 is 0 Å². The first-order valence-electron chi connectivity index (χ1n) is 9.94. The number of amides is 1. The number of carbonyl (C=O) groups excluding carboxylic acids is 1. The van der Waals surface area contributed by atoms with Crippen molar-refractivity contribution in [3.8, 4) is 0 Å². The molecule has 1 aliphatic heterocycles. The van der Waals surface area contributed by atoms with Gasteiger partial charge in [-0.3, -0.25) is 4.79 Å². The minimum Gasteiger partial charge on any atom is -0.315 e. The van der Waals surface area contributed by atoms with Crippen molar-refractivity contribution in [3.63, 3.8) is 0 Å². The normalized spacial score (nSPS) is 18.3. The number of fused-ring (bicyclic) bond motifs is 1. The quantitative estimate of drug-likeness (QED) is 0.462. The van der Waals surface area contributed by atoms with Crippen molar-refractivity contribution in [1.29, 1.82) is 0 Å². The second kappa shape index (κ2) is 8.24. The predicted octanol–water partition coefficient (Wildman–Crippen LogP) is 6.48. The maximum atomic E-state index is 13.5. The molecule has 0 fully saturated rings. The van der Waals surface area contributed by atoms with Crippen LogP contribution >= 0.6 is 11.8 Å². The number of rotatable bonds is 7. The zero-order valence-electron chi connectivity index (χ0n) is 16.2. The largest absolute Gasteiger partial charge is 0.315 e. The number of thioether (sulfide) groups is 1. The van der Waals surface area contributed by atoms with E-state index in [1.807, 2.05) is 48.2 Å². The molecule has 1 atom stereocenters. The van der Waals surface area contributed by atoms with Crippen LogP contribution in [0.15, 0.2) is 89.8 Å². The fourth-order valence-corrected chi connectivity index (χ4v) is 5.44. The third kappa shape index (κ3) is 3.47. The second-order valence-corrected chi connectivity index (χ2v) is 8.58. The summed E-state index contributed by atoms with van der Waals surface area (Å²) in [6, 6.07) is 28.9. The van der Waals surface area contributed by atoms with Crippen molar-refractivity contribution in [3.05, 3.63) is 102 Å². The number of benzene rings is 3. The smallest absolute Gasteiger partial charge is 0.255 e. The molecule has 2 nitrogen and oxygen atoms in total. The molecule has 1 amide bonds. The molecule has 28 heavy (non-hydrogen) atoms. The van der Waals surface area contributed by atoms with Gasteiger partial charge in [-0.25, -0.2) is 0 Å². The van der Waals surface area contributed by atoms with Crippen molar-refractivity contribution >= 4 is 17.7 Å². The molecule has 0 aromatic heterocycles. The average molecular weight is 388 g/mol. The van der Waals surface area contributed by atoms with E-state index in [9.17, 15) is 4.79 Å². The Morgan fingerprint density at radius 3 is 2.21 bits per heavy atom. The molecule has 0 N–H and O–H groups in total. The third-order valence-corrected chi connectivity index (χ3v) is 6.83. The topological polar surface area (TPSA) is 20.3 Å². The van der Waals surface area contributed by atoms with Gasteiger partial charge in [0, 0.05) is 22.6 Å². The van der Waals surface area contributed by atoms with Crippen molar-refractivity contribution in [2.45, 2.75) is 42.5 Å². The van der Waals surface area contributed by atoms with Gasteiger partial charge in [0.2, 0.25) is 0 Å². The van der Waals surface area contributed by atoms with Crippen LogP contribution in [0.5, 0.6) is 0 Å². The summed E-state index contributed by atoms with van der Waals surface area (Å²) in [5.74, 6) is 0.138. The Balaban J connectivity index is 1.82. The fourth-order valence-electron chi connectivity index (χ4n) is 3.96. The van der Waals surface area contributed by atoms with E-state index >= 15 is 0 Å². The average Bonchev–Trinajstić information content (AvgIpc) is 2.97. The molecule has 0 saturated heterocycles. The van der Waals surface area contributed by atoms with Gasteiger partial charge in [0.15, 0.2) is 0 Å². The maximum Gasteiger partial charge on any atom is 0.255 e. The van der Waals surface area contributed by atoms with Gasteiger partial charge in [0.1, 0.15) is 4.87 Å². The Morgan fingerprint density at radius 2 is 1.50 bits per heavy atom. The molecule has 3 aromatic carbocycles. The van der Waals surface area contributed by atoms with Crippen molar-refractivity contribution < 1.29 is 4.79 Å². The number of hydrogen-bond acceptors (Lipinski definition) is 2. The lowest BCUT2D eigenvalue weighted by molar-refractivity contribution is 0.0659. The lowest BCUT2D eigenvalue weighted by atomic mass is 9.99.